The number of aromatic hydroxyl groups is 2. The van der Waals surface area contributed by atoms with Crippen molar-refractivity contribution in [3.8, 4) is 11.5 Å². The molecule has 2 fully saturated rings. The van der Waals surface area contributed by atoms with Gasteiger partial charge < -0.3 is 59.4 Å². The van der Waals surface area contributed by atoms with E-state index in [1.165, 1.54) is 37.3 Å². The first-order chi connectivity index (χ1) is 20.0. The van der Waals surface area contributed by atoms with Crippen molar-refractivity contribution < 1.29 is 64.2 Å². The summed E-state index contributed by atoms with van der Waals surface area (Å²) in [5.41, 5.74) is 1.46. The monoisotopic (exact) mass is 592 g/mol. The maximum absolute atomic E-state index is 12.3. The van der Waals surface area contributed by atoms with Gasteiger partial charge >= 0.3 is 5.97 Å². The van der Waals surface area contributed by atoms with Gasteiger partial charge in [-0.25, -0.2) is 4.79 Å². The lowest BCUT2D eigenvalue weighted by Gasteiger charge is -2.45. The first-order valence-electron chi connectivity index (χ1n) is 13.4. The minimum atomic E-state index is -1.70. The Morgan fingerprint density at radius 1 is 0.810 bits per heavy atom. The number of esters is 1. The van der Waals surface area contributed by atoms with E-state index in [0.29, 0.717) is 12.0 Å². The second-order valence-electron chi connectivity index (χ2n) is 10.1. The molecule has 13 nitrogen and oxygen atoms in total. The third kappa shape index (κ3) is 8.04. The van der Waals surface area contributed by atoms with Crippen molar-refractivity contribution >= 4 is 12.0 Å². The third-order valence-corrected chi connectivity index (χ3v) is 7.05. The summed E-state index contributed by atoms with van der Waals surface area (Å²) in [5.74, 6) is -0.582. The second-order valence-corrected chi connectivity index (χ2v) is 10.1. The average molecular weight is 593 g/mol. The molecule has 0 aromatic heterocycles. The lowest BCUT2D eigenvalue weighted by atomic mass is 9.97. The van der Waals surface area contributed by atoms with Gasteiger partial charge in [-0.2, -0.15) is 0 Å². The lowest BCUT2D eigenvalue weighted by molar-refractivity contribution is -0.357. The zero-order chi connectivity index (χ0) is 30.4. The zero-order valence-electron chi connectivity index (χ0n) is 22.7. The summed E-state index contributed by atoms with van der Waals surface area (Å²) in [6.45, 7) is 1.05. The maximum atomic E-state index is 12.3. The van der Waals surface area contributed by atoms with Gasteiger partial charge in [-0.1, -0.05) is 24.3 Å². The highest BCUT2D eigenvalue weighted by Crippen LogP contribution is 2.30. The van der Waals surface area contributed by atoms with Crippen molar-refractivity contribution in [2.45, 2.75) is 74.8 Å². The van der Waals surface area contributed by atoms with Crippen LogP contribution in [0.5, 0.6) is 11.5 Å². The van der Waals surface area contributed by atoms with E-state index in [0.717, 1.165) is 11.6 Å². The summed E-state index contributed by atoms with van der Waals surface area (Å²) in [4.78, 5) is 12.3. The van der Waals surface area contributed by atoms with Gasteiger partial charge in [0.05, 0.1) is 12.7 Å². The molecule has 0 amide bonds. The van der Waals surface area contributed by atoms with Gasteiger partial charge in [0.25, 0.3) is 0 Å². The van der Waals surface area contributed by atoms with E-state index >= 15 is 0 Å². The topological polar surface area (TPSA) is 205 Å². The predicted molar refractivity (Wildman–Crippen MR) is 144 cm³/mol. The highest BCUT2D eigenvalue weighted by molar-refractivity contribution is 5.87. The molecule has 4 rings (SSSR count). The van der Waals surface area contributed by atoms with E-state index in [1.807, 2.05) is 0 Å². The summed E-state index contributed by atoms with van der Waals surface area (Å²) < 4.78 is 27.9. The quantitative estimate of drug-likeness (QED) is 0.138. The van der Waals surface area contributed by atoms with E-state index in [2.05, 4.69) is 0 Å². The van der Waals surface area contributed by atoms with Crippen LogP contribution < -0.4 is 0 Å². The maximum Gasteiger partial charge on any atom is 0.330 e. The number of phenols is 2. The fraction of sp³-hybridized carbons (Fsp3) is 0.483. The van der Waals surface area contributed by atoms with E-state index in [1.54, 1.807) is 24.3 Å². The lowest BCUT2D eigenvalue weighted by Crippen LogP contribution is -2.64. The smallest absolute Gasteiger partial charge is 0.330 e. The Morgan fingerprint density at radius 3 is 2.12 bits per heavy atom. The molecule has 2 aromatic rings. The van der Waals surface area contributed by atoms with Crippen LogP contribution in [0, 0.1) is 0 Å². The highest BCUT2D eigenvalue weighted by atomic mass is 16.7. The second kappa shape index (κ2) is 14.4. The molecule has 2 heterocycles. The number of phenolic OH excluding ortho intramolecular Hbond substituents is 2. The predicted octanol–water partition coefficient (Wildman–Crippen LogP) is -0.427. The van der Waals surface area contributed by atoms with Crippen LogP contribution in [0.15, 0.2) is 54.6 Å². The molecule has 13 heteroatoms. The number of carbonyl (C=O) groups excluding carboxylic acids is 1. The molecule has 230 valence electrons. The summed E-state index contributed by atoms with van der Waals surface area (Å²) >= 11 is 0. The molecule has 2 aliphatic rings. The molecular weight excluding hydrogens is 556 g/mol. The minimum absolute atomic E-state index is 0.0572. The van der Waals surface area contributed by atoms with E-state index < -0.39 is 74.0 Å². The molecule has 2 aliphatic heterocycles. The number of carbonyl (C=O) groups is 1. The minimum Gasteiger partial charge on any atom is -0.508 e. The van der Waals surface area contributed by atoms with Crippen LogP contribution in [-0.2, 0) is 34.9 Å². The number of hydrogen-bond donors (Lipinski definition) is 7. The van der Waals surface area contributed by atoms with E-state index in [-0.39, 0.29) is 18.1 Å². The number of hydrogen-bond acceptors (Lipinski definition) is 13. The number of aliphatic hydroxyl groups is 5. The Hall–Kier alpha value is -3.11. The van der Waals surface area contributed by atoms with Gasteiger partial charge in [-0.05, 0) is 54.8 Å². The van der Waals surface area contributed by atoms with Crippen molar-refractivity contribution in [2.24, 2.45) is 0 Å². The molecule has 0 radical (unpaired) electrons. The molecule has 2 saturated heterocycles. The van der Waals surface area contributed by atoms with Crippen LogP contribution in [-0.4, -0.2) is 116 Å². The molecule has 2 aromatic carbocycles. The van der Waals surface area contributed by atoms with Crippen LogP contribution >= 0.6 is 0 Å². The van der Waals surface area contributed by atoms with Crippen LogP contribution in [0.1, 0.15) is 18.1 Å². The van der Waals surface area contributed by atoms with E-state index in [4.69, 9.17) is 23.7 Å². The van der Waals surface area contributed by atoms with Crippen molar-refractivity contribution in [3.05, 3.63) is 65.7 Å². The van der Waals surface area contributed by atoms with Crippen LogP contribution in [0.2, 0.25) is 0 Å². The molecule has 42 heavy (non-hydrogen) atoms. The Labute approximate surface area is 241 Å². The van der Waals surface area contributed by atoms with Gasteiger partial charge in [-0.3, -0.25) is 0 Å². The van der Waals surface area contributed by atoms with E-state index in [9.17, 15) is 40.5 Å². The molecule has 0 spiro atoms. The van der Waals surface area contributed by atoms with Gasteiger partial charge in [0.2, 0.25) is 0 Å². The molecule has 0 saturated carbocycles. The Morgan fingerprint density at radius 2 is 1.45 bits per heavy atom. The first kappa shape index (κ1) is 31.8. The molecule has 7 N–H and O–H groups in total. The van der Waals surface area contributed by atoms with Crippen LogP contribution in [0.4, 0.5) is 0 Å². The average Bonchev–Trinajstić information content (AvgIpc) is 2.97. The molecule has 0 bridgehead atoms. The summed E-state index contributed by atoms with van der Waals surface area (Å²) in [6.07, 6.45) is -11.4. The first-order valence-corrected chi connectivity index (χ1v) is 13.4. The van der Waals surface area contributed by atoms with Gasteiger partial charge in [-0.15, -0.1) is 0 Å². The molecule has 0 unspecified atom stereocenters. The Kier molecular flexibility index (Phi) is 10.9. The Bertz CT molecular complexity index is 1170. The van der Waals surface area contributed by atoms with Gasteiger partial charge in [0.15, 0.2) is 12.6 Å². The zero-order valence-corrected chi connectivity index (χ0v) is 22.7. The van der Waals surface area contributed by atoms with Crippen molar-refractivity contribution in [3.63, 3.8) is 0 Å². The molecular formula is C29H36O13. The summed E-state index contributed by atoms with van der Waals surface area (Å²) in [5, 5.41) is 71.4. The standard InChI is InChI=1S/C29H36O13/c1-15-22(33)24(35)25(36)29(40-15)42-27-23(34)20(14-39-21(32)11-6-16-2-7-18(30)8-3-16)41-28(26(27)37)38-13-12-17-4-9-19(31)10-5-17/h2-11,15,20,22-31,33-37H,12-14H2,1H3/b11-6+/t15-,20+,22-,23+,24+,25+,26+,27-,28+,29-/m0/s1. The van der Waals surface area contributed by atoms with Gasteiger partial charge in [0, 0.05) is 6.08 Å². The normalized spacial score (nSPS) is 33.5. The number of aliphatic hydroxyl groups excluding tert-OH is 5. The fourth-order valence-corrected chi connectivity index (χ4v) is 4.54. The van der Waals surface area contributed by atoms with Crippen molar-refractivity contribution in [1.82, 2.24) is 0 Å². The Balaban J connectivity index is 1.43. The van der Waals surface area contributed by atoms with Crippen molar-refractivity contribution in [2.75, 3.05) is 13.2 Å². The van der Waals surface area contributed by atoms with Gasteiger partial charge in [0.1, 0.15) is 60.8 Å². The largest absolute Gasteiger partial charge is 0.508 e. The van der Waals surface area contributed by atoms with Crippen molar-refractivity contribution in [1.29, 1.82) is 0 Å². The SMILES string of the molecule is C[C@@H]1O[C@@H](O[C@@H]2[C@@H](O)[C@H](OCCc3ccc(O)cc3)O[C@H](COC(=O)/C=C/c3ccc(O)cc3)[C@H]2O)[C@H](O)[C@H](O)[C@H]1O. The number of ether oxygens (including phenoxy) is 5. The van der Waals surface area contributed by atoms with Crippen LogP contribution in [0.25, 0.3) is 6.08 Å². The highest BCUT2D eigenvalue weighted by Gasteiger charge is 2.50. The number of rotatable bonds is 10. The fourth-order valence-electron chi connectivity index (χ4n) is 4.54. The van der Waals surface area contributed by atoms with Crippen LogP contribution in [0.3, 0.4) is 0 Å². The third-order valence-electron chi connectivity index (χ3n) is 7.05. The molecule has 0 aliphatic carbocycles. The summed E-state index contributed by atoms with van der Waals surface area (Å²) in [7, 11) is 0. The summed E-state index contributed by atoms with van der Waals surface area (Å²) in [6, 6.07) is 12.5. The number of benzene rings is 2. The molecule has 10 atom stereocenters.